The van der Waals surface area contributed by atoms with Gasteiger partial charge < -0.3 is 10.0 Å². The minimum atomic E-state index is -3.49. The maximum Gasteiger partial charge on any atom is 0.252 e. The standard InChI is InChI=1S/C13H22N2O3S2/c1-4-12-5-6-13(19-12)20(17,18)15-9-11(16)7-10(15)8-14(2)3/h5-6,10-11,16H,4,7-9H2,1-3H3. The first-order valence-electron chi connectivity index (χ1n) is 6.78. The molecule has 1 aliphatic rings. The number of aryl methyl sites for hydroxylation is 1. The van der Waals surface area contributed by atoms with Crippen LogP contribution in [0.5, 0.6) is 0 Å². The molecule has 7 heteroatoms. The van der Waals surface area contributed by atoms with E-state index in [4.69, 9.17) is 0 Å². The fourth-order valence-electron chi connectivity index (χ4n) is 2.55. The van der Waals surface area contributed by atoms with Crippen LogP contribution >= 0.6 is 11.3 Å². The molecule has 0 saturated carbocycles. The van der Waals surface area contributed by atoms with Gasteiger partial charge in [-0.3, -0.25) is 0 Å². The number of hydrogen-bond donors (Lipinski definition) is 1. The van der Waals surface area contributed by atoms with Gasteiger partial charge in [-0.25, -0.2) is 8.42 Å². The maximum atomic E-state index is 12.7. The van der Waals surface area contributed by atoms with Crippen molar-refractivity contribution in [3.8, 4) is 0 Å². The molecule has 0 bridgehead atoms. The molecular weight excluding hydrogens is 296 g/mol. The second-order valence-electron chi connectivity index (χ2n) is 5.45. The van der Waals surface area contributed by atoms with Crippen molar-refractivity contribution in [1.29, 1.82) is 0 Å². The van der Waals surface area contributed by atoms with Crippen molar-refractivity contribution in [2.45, 2.75) is 36.1 Å². The lowest BCUT2D eigenvalue weighted by atomic mass is 10.2. The zero-order valence-electron chi connectivity index (χ0n) is 12.1. The molecule has 1 aromatic heterocycles. The Balaban J connectivity index is 2.27. The largest absolute Gasteiger partial charge is 0.392 e. The molecule has 20 heavy (non-hydrogen) atoms. The quantitative estimate of drug-likeness (QED) is 0.880. The van der Waals surface area contributed by atoms with Crippen LogP contribution in [-0.4, -0.2) is 62.1 Å². The number of likely N-dealkylation sites (N-methyl/N-ethyl adjacent to an activating group) is 1. The molecule has 0 amide bonds. The minimum absolute atomic E-state index is 0.155. The van der Waals surface area contributed by atoms with Gasteiger partial charge in [0.1, 0.15) is 4.21 Å². The zero-order valence-corrected chi connectivity index (χ0v) is 13.7. The number of sulfonamides is 1. The molecule has 1 aromatic rings. The highest BCUT2D eigenvalue weighted by molar-refractivity contribution is 7.91. The molecule has 2 atom stereocenters. The molecule has 0 aromatic carbocycles. The lowest BCUT2D eigenvalue weighted by Gasteiger charge is -2.25. The van der Waals surface area contributed by atoms with Gasteiger partial charge in [-0.05, 0) is 39.1 Å². The summed E-state index contributed by atoms with van der Waals surface area (Å²) in [6, 6.07) is 3.39. The summed E-state index contributed by atoms with van der Waals surface area (Å²) in [7, 11) is 0.335. The third-order valence-electron chi connectivity index (χ3n) is 3.47. The summed E-state index contributed by atoms with van der Waals surface area (Å²) >= 11 is 1.32. The van der Waals surface area contributed by atoms with Crippen molar-refractivity contribution in [2.75, 3.05) is 27.2 Å². The molecule has 2 unspecified atom stereocenters. The molecular formula is C13H22N2O3S2. The molecule has 2 heterocycles. The second-order valence-corrected chi connectivity index (χ2v) is 8.74. The Morgan fingerprint density at radius 2 is 2.15 bits per heavy atom. The van der Waals surface area contributed by atoms with Crippen molar-refractivity contribution in [3.63, 3.8) is 0 Å². The summed E-state index contributed by atoms with van der Waals surface area (Å²) in [5.74, 6) is 0. The summed E-state index contributed by atoms with van der Waals surface area (Å²) in [4.78, 5) is 3.02. The fourth-order valence-corrected chi connectivity index (χ4v) is 5.64. The van der Waals surface area contributed by atoms with Crippen molar-refractivity contribution < 1.29 is 13.5 Å². The molecule has 2 rings (SSSR count). The van der Waals surface area contributed by atoms with Gasteiger partial charge in [-0.1, -0.05) is 6.92 Å². The summed E-state index contributed by atoms with van der Waals surface area (Å²) in [6.45, 7) is 2.83. The third kappa shape index (κ3) is 3.23. The van der Waals surface area contributed by atoms with Crippen LogP contribution in [0.15, 0.2) is 16.3 Å². The summed E-state index contributed by atoms with van der Waals surface area (Å²) < 4.78 is 27.3. The van der Waals surface area contributed by atoms with Gasteiger partial charge in [0.05, 0.1) is 6.10 Å². The highest BCUT2D eigenvalue weighted by atomic mass is 32.2. The molecule has 1 fully saturated rings. The molecule has 114 valence electrons. The van der Waals surface area contributed by atoms with Crippen LogP contribution in [0.2, 0.25) is 0 Å². The van der Waals surface area contributed by atoms with E-state index in [0.717, 1.165) is 11.3 Å². The normalized spacial score (nSPS) is 24.6. The van der Waals surface area contributed by atoms with Crippen LogP contribution in [0.3, 0.4) is 0 Å². The van der Waals surface area contributed by atoms with E-state index in [1.54, 1.807) is 6.07 Å². The van der Waals surface area contributed by atoms with E-state index in [9.17, 15) is 13.5 Å². The molecule has 0 spiro atoms. The van der Waals surface area contributed by atoms with E-state index in [2.05, 4.69) is 0 Å². The van der Waals surface area contributed by atoms with Gasteiger partial charge in [0.25, 0.3) is 10.0 Å². The van der Waals surface area contributed by atoms with Crippen LogP contribution < -0.4 is 0 Å². The predicted molar refractivity (Wildman–Crippen MR) is 80.6 cm³/mol. The van der Waals surface area contributed by atoms with Gasteiger partial charge in [0.2, 0.25) is 0 Å². The topological polar surface area (TPSA) is 60.9 Å². The Hall–Kier alpha value is -0.470. The summed E-state index contributed by atoms with van der Waals surface area (Å²) in [6.07, 6.45) is 0.771. The number of β-amino-alcohol motifs (C(OH)–C–C–N with tert-alkyl or cyclic N) is 1. The van der Waals surface area contributed by atoms with E-state index < -0.39 is 16.1 Å². The Morgan fingerprint density at radius 1 is 1.45 bits per heavy atom. The van der Waals surface area contributed by atoms with Crippen molar-refractivity contribution >= 4 is 21.4 Å². The lowest BCUT2D eigenvalue weighted by molar-refractivity contribution is 0.188. The fraction of sp³-hybridized carbons (Fsp3) is 0.692. The molecule has 1 N–H and O–H groups in total. The molecule has 0 aliphatic carbocycles. The number of aliphatic hydroxyl groups is 1. The highest BCUT2D eigenvalue weighted by Gasteiger charge is 2.40. The Morgan fingerprint density at radius 3 is 2.70 bits per heavy atom. The van der Waals surface area contributed by atoms with E-state index in [1.807, 2.05) is 32.0 Å². The average Bonchev–Trinajstić information content (AvgIpc) is 2.95. The van der Waals surface area contributed by atoms with Crippen LogP contribution in [0.1, 0.15) is 18.2 Å². The first-order valence-corrected chi connectivity index (χ1v) is 9.03. The maximum absolute atomic E-state index is 12.7. The lowest BCUT2D eigenvalue weighted by Crippen LogP contribution is -2.41. The Bertz CT molecular complexity index is 554. The number of rotatable bonds is 5. The van der Waals surface area contributed by atoms with Gasteiger partial charge in [0.15, 0.2) is 0 Å². The van der Waals surface area contributed by atoms with E-state index in [-0.39, 0.29) is 12.6 Å². The summed E-state index contributed by atoms with van der Waals surface area (Å²) in [5, 5.41) is 9.82. The number of hydrogen-bond acceptors (Lipinski definition) is 5. The highest BCUT2D eigenvalue weighted by Crippen LogP contribution is 2.30. The SMILES string of the molecule is CCc1ccc(S(=O)(=O)N2CC(O)CC2CN(C)C)s1. The number of thiophene rings is 1. The van der Waals surface area contributed by atoms with Gasteiger partial charge in [0, 0.05) is 24.0 Å². The van der Waals surface area contributed by atoms with Gasteiger partial charge in [-0.15, -0.1) is 11.3 Å². The Kier molecular flexibility index (Phi) is 4.86. The predicted octanol–water partition coefficient (Wildman–Crippen LogP) is 0.996. The molecule has 1 saturated heterocycles. The zero-order chi connectivity index (χ0) is 14.9. The molecule has 0 radical (unpaired) electrons. The smallest absolute Gasteiger partial charge is 0.252 e. The van der Waals surface area contributed by atoms with Crippen LogP contribution in [0.4, 0.5) is 0 Å². The summed E-state index contributed by atoms with van der Waals surface area (Å²) in [5.41, 5.74) is 0. The molecule has 5 nitrogen and oxygen atoms in total. The van der Waals surface area contributed by atoms with Crippen LogP contribution in [0.25, 0.3) is 0 Å². The molecule has 1 aliphatic heterocycles. The first kappa shape index (κ1) is 15.9. The second kappa shape index (κ2) is 6.11. The van der Waals surface area contributed by atoms with E-state index >= 15 is 0 Å². The van der Waals surface area contributed by atoms with Gasteiger partial charge in [-0.2, -0.15) is 4.31 Å². The first-order chi connectivity index (χ1) is 9.34. The average molecular weight is 318 g/mol. The minimum Gasteiger partial charge on any atom is -0.392 e. The Labute approximate surface area is 124 Å². The van der Waals surface area contributed by atoms with Crippen molar-refractivity contribution in [3.05, 3.63) is 17.0 Å². The monoisotopic (exact) mass is 318 g/mol. The van der Waals surface area contributed by atoms with E-state index in [0.29, 0.717) is 17.2 Å². The van der Waals surface area contributed by atoms with E-state index in [1.165, 1.54) is 15.6 Å². The third-order valence-corrected chi connectivity index (χ3v) is 7.08. The number of aliphatic hydroxyl groups excluding tert-OH is 1. The van der Waals surface area contributed by atoms with Crippen molar-refractivity contribution in [2.24, 2.45) is 0 Å². The van der Waals surface area contributed by atoms with Crippen molar-refractivity contribution in [1.82, 2.24) is 9.21 Å². The van der Waals surface area contributed by atoms with Crippen LogP contribution in [0, 0.1) is 0 Å². The number of nitrogens with zero attached hydrogens (tertiary/aromatic N) is 2. The van der Waals surface area contributed by atoms with Gasteiger partial charge >= 0.3 is 0 Å². The van der Waals surface area contributed by atoms with Crippen LogP contribution in [-0.2, 0) is 16.4 Å².